The van der Waals surface area contributed by atoms with Crippen LogP contribution in [0.4, 0.5) is 0 Å². The molecule has 1 aliphatic heterocycles. The van der Waals surface area contributed by atoms with E-state index >= 15 is 0 Å². The fraction of sp³-hybridized carbons (Fsp3) is 0.583. The minimum atomic E-state index is 0.0508. The lowest BCUT2D eigenvalue weighted by Crippen LogP contribution is -2.20. The summed E-state index contributed by atoms with van der Waals surface area (Å²) in [5.74, 6) is 0. The zero-order chi connectivity index (χ0) is 11.4. The van der Waals surface area contributed by atoms with Crippen molar-refractivity contribution in [3.63, 3.8) is 0 Å². The van der Waals surface area contributed by atoms with Gasteiger partial charge in [-0.1, -0.05) is 0 Å². The summed E-state index contributed by atoms with van der Waals surface area (Å²) in [5, 5.41) is 0. The quantitative estimate of drug-likeness (QED) is 0.852. The maximum atomic E-state index is 11.7. The molecule has 4 heteroatoms. The van der Waals surface area contributed by atoms with Gasteiger partial charge in [0.1, 0.15) is 0 Å². The molecule has 0 saturated carbocycles. The molecule has 1 aromatic heterocycles. The summed E-state index contributed by atoms with van der Waals surface area (Å²) in [6, 6.07) is 3.66. The molecule has 1 atom stereocenters. The third-order valence-electron chi connectivity index (χ3n) is 2.92. The van der Waals surface area contributed by atoms with Crippen molar-refractivity contribution in [1.82, 2.24) is 4.57 Å². The summed E-state index contributed by atoms with van der Waals surface area (Å²) >= 11 is 3.25. The zero-order valence-electron chi connectivity index (χ0n) is 9.19. The number of aromatic nitrogens is 1. The first kappa shape index (κ1) is 11.9. The van der Waals surface area contributed by atoms with Crippen molar-refractivity contribution in [3.05, 3.63) is 33.2 Å². The van der Waals surface area contributed by atoms with Crippen LogP contribution in [0.3, 0.4) is 0 Å². The average Bonchev–Trinajstić information content (AvgIpc) is 2.77. The third kappa shape index (κ3) is 2.95. The molecular weight excluding hydrogens is 270 g/mol. The second kappa shape index (κ2) is 5.64. The van der Waals surface area contributed by atoms with Gasteiger partial charge in [0, 0.05) is 19.3 Å². The first-order chi connectivity index (χ1) is 7.77. The van der Waals surface area contributed by atoms with Crippen LogP contribution >= 0.6 is 15.9 Å². The fourth-order valence-electron chi connectivity index (χ4n) is 2.04. The summed E-state index contributed by atoms with van der Waals surface area (Å²) in [6.07, 6.45) is 6.67. The Morgan fingerprint density at radius 3 is 3.19 bits per heavy atom. The van der Waals surface area contributed by atoms with Crippen LogP contribution in [0.25, 0.3) is 0 Å². The van der Waals surface area contributed by atoms with E-state index in [1.807, 2.05) is 12.3 Å². The van der Waals surface area contributed by atoms with Crippen LogP contribution in [-0.4, -0.2) is 17.3 Å². The number of hydrogen-bond donors (Lipinski definition) is 0. The Labute approximate surface area is 104 Å². The van der Waals surface area contributed by atoms with Crippen molar-refractivity contribution in [2.24, 2.45) is 0 Å². The molecule has 0 amide bonds. The molecule has 2 heterocycles. The Morgan fingerprint density at radius 1 is 1.56 bits per heavy atom. The van der Waals surface area contributed by atoms with Crippen molar-refractivity contribution in [3.8, 4) is 0 Å². The summed E-state index contributed by atoms with van der Waals surface area (Å²) in [4.78, 5) is 11.7. The van der Waals surface area contributed by atoms with Crippen molar-refractivity contribution in [2.75, 3.05) is 6.61 Å². The van der Waals surface area contributed by atoms with E-state index in [0.717, 1.165) is 26.0 Å². The SMILES string of the molecule is O=c1c(Br)cccn1CCCC1CCCO1. The van der Waals surface area contributed by atoms with Gasteiger partial charge in [0.25, 0.3) is 5.56 Å². The molecule has 16 heavy (non-hydrogen) atoms. The standard InChI is InChI=1S/C12H16BrNO2/c13-11-6-2-8-14(12(11)15)7-1-4-10-5-3-9-16-10/h2,6,8,10H,1,3-5,7,9H2. The predicted octanol–water partition coefficient (Wildman–Crippen LogP) is 2.57. The highest BCUT2D eigenvalue weighted by molar-refractivity contribution is 9.10. The lowest BCUT2D eigenvalue weighted by Gasteiger charge is -2.10. The highest BCUT2D eigenvalue weighted by atomic mass is 79.9. The molecule has 1 fully saturated rings. The van der Waals surface area contributed by atoms with Gasteiger partial charge >= 0.3 is 0 Å². The average molecular weight is 286 g/mol. The Bertz CT molecular complexity index is 396. The monoisotopic (exact) mass is 285 g/mol. The highest BCUT2D eigenvalue weighted by Gasteiger charge is 2.14. The molecule has 3 nitrogen and oxygen atoms in total. The zero-order valence-corrected chi connectivity index (χ0v) is 10.8. The Morgan fingerprint density at radius 2 is 2.44 bits per heavy atom. The van der Waals surface area contributed by atoms with E-state index in [2.05, 4.69) is 15.9 Å². The van der Waals surface area contributed by atoms with E-state index in [9.17, 15) is 4.79 Å². The molecule has 0 aromatic carbocycles. The number of pyridine rings is 1. The summed E-state index contributed by atoms with van der Waals surface area (Å²) in [7, 11) is 0. The summed E-state index contributed by atoms with van der Waals surface area (Å²) in [6.45, 7) is 1.68. The molecule has 0 spiro atoms. The number of rotatable bonds is 4. The van der Waals surface area contributed by atoms with Gasteiger partial charge in [-0.05, 0) is 53.7 Å². The number of aryl methyl sites for hydroxylation is 1. The van der Waals surface area contributed by atoms with Gasteiger partial charge in [-0.25, -0.2) is 0 Å². The predicted molar refractivity (Wildman–Crippen MR) is 66.6 cm³/mol. The van der Waals surface area contributed by atoms with Gasteiger partial charge in [0.15, 0.2) is 0 Å². The van der Waals surface area contributed by atoms with E-state index < -0.39 is 0 Å². The van der Waals surface area contributed by atoms with Crippen LogP contribution in [0, 0.1) is 0 Å². The topological polar surface area (TPSA) is 31.2 Å². The van der Waals surface area contributed by atoms with Crippen LogP contribution in [0.15, 0.2) is 27.6 Å². The molecule has 0 aliphatic carbocycles. The Hall–Kier alpha value is -0.610. The van der Waals surface area contributed by atoms with E-state index in [1.54, 1.807) is 10.6 Å². The molecular formula is C12H16BrNO2. The van der Waals surface area contributed by atoms with Gasteiger partial charge in [0.05, 0.1) is 10.6 Å². The lowest BCUT2D eigenvalue weighted by molar-refractivity contribution is 0.101. The van der Waals surface area contributed by atoms with E-state index in [0.29, 0.717) is 10.6 Å². The smallest absolute Gasteiger partial charge is 0.264 e. The summed E-state index contributed by atoms with van der Waals surface area (Å²) < 4.78 is 7.93. The molecule has 1 aromatic rings. The molecule has 2 rings (SSSR count). The first-order valence-electron chi connectivity index (χ1n) is 5.74. The van der Waals surface area contributed by atoms with Gasteiger partial charge < -0.3 is 9.30 Å². The highest BCUT2D eigenvalue weighted by Crippen LogP contribution is 2.16. The van der Waals surface area contributed by atoms with E-state index in [-0.39, 0.29) is 5.56 Å². The minimum Gasteiger partial charge on any atom is -0.378 e. The number of ether oxygens (including phenoxy) is 1. The molecule has 1 saturated heterocycles. The molecule has 0 radical (unpaired) electrons. The van der Waals surface area contributed by atoms with E-state index in [1.165, 1.54) is 12.8 Å². The van der Waals surface area contributed by atoms with Crippen molar-refractivity contribution in [2.45, 2.75) is 38.3 Å². The van der Waals surface area contributed by atoms with Crippen LogP contribution < -0.4 is 5.56 Å². The van der Waals surface area contributed by atoms with Gasteiger partial charge in [-0.2, -0.15) is 0 Å². The molecule has 0 bridgehead atoms. The van der Waals surface area contributed by atoms with Crippen molar-refractivity contribution < 1.29 is 4.74 Å². The minimum absolute atomic E-state index is 0.0508. The maximum Gasteiger partial charge on any atom is 0.264 e. The fourth-order valence-corrected chi connectivity index (χ4v) is 2.43. The van der Waals surface area contributed by atoms with Gasteiger partial charge in [0.2, 0.25) is 0 Å². The molecule has 88 valence electrons. The number of nitrogens with zero attached hydrogens (tertiary/aromatic N) is 1. The second-order valence-corrected chi connectivity index (χ2v) is 4.99. The molecule has 1 unspecified atom stereocenters. The van der Waals surface area contributed by atoms with Crippen LogP contribution in [0.2, 0.25) is 0 Å². The largest absolute Gasteiger partial charge is 0.378 e. The normalized spacial score (nSPS) is 20.2. The summed E-state index contributed by atoms with van der Waals surface area (Å²) in [5.41, 5.74) is 0.0508. The number of halogens is 1. The van der Waals surface area contributed by atoms with E-state index in [4.69, 9.17) is 4.74 Å². The van der Waals surface area contributed by atoms with Gasteiger partial charge in [-0.3, -0.25) is 4.79 Å². The van der Waals surface area contributed by atoms with Crippen LogP contribution in [0.1, 0.15) is 25.7 Å². The second-order valence-electron chi connectivity index (χ2n) is 4.13. The van der Waals surface area contributed by atoms with Crippen LogP contribution in [0.5, 0.6) is 0 Å². The molecule has 1 aliphatic rings. The van der Waals surface area contributed by atoms with Crippen molar-refractivity contribution in [1.29, 1.82) is 0 Å². The Kier molecular flexibility index (Phi) is 4.18. The number of hydrogen-bond acceptors (Lipinski definition) is 2. The third-order valence-corrected chi connectivity index (χ3v) is 3.53. The maximum absolute atomic E-state index is 11.7. The van der Waals surface area contributed by atoms with Crippen LogP contribution in [-0.2, 0) is 11.3 Å². The molecule has 0 N–H and O–H groups in total. The Balaban J connectivity index is 1.85. The van der Waals surface area contributed by atoms with Crippen molar-refractivity contribution >= 4 is 15.9 Å². The van der Waals surface area contributed by atoms with Gasteiger partial charge in [-0.15, -0.1) is 0 Å². The lowest BCUT2D eigenvalue weighted by atomic mass is 10.1. The first-order valence-corrected chi connectivity index (χ1v) is 6.53.